The number of rotatable bonds is 5. The highest BCUT2D eigenvalue weighted by Crippen LogP contribution is 2.39. The van der Waals surface area contributed by atoms with E-state index in [-0.39, 0.29) is 23.3 Å². The summed E-state index contributed by atoms with van der Waals surface area (Å²) in [6, 6.07) is 5.64. The molecule has 4 aromatic carbocycles. The van der Waals surface area contributed by atoms with Gasteiger partial charge in [0.05, 0.1) is 11.1 Å². The molecule has 0 spiro atoms. The minimum absolute atomic E-state index is 0.160. The van der Waals surface area contributed by atoms with E-state index in [1.807, 2.05) is 0 Å². The Morgan fingerprint density at radius 1 is 0.564 bits per heavy atom. The Bertz CT molecular complexity index is 1530. The van der Waals surface area contributed by atoms with Gasteiger partial charge in [-0.05, 0) is 72.1 Å². The van der Waals surface area contributed by atoms with Gasteiger partial charge in [0.2, 0.25) is 0 Å². The molecular formula is C27H13F11O. The van der Waals surface area contributed by atoms with Crippen LogP contribution in [-0.4, -0.2) is 0 Å². The van der Waals surface area contributed by atoms with Crippen molar-refractivity contribution in [2.45, 2.75) is 19.2 Å². The molecule has 0 aliphatic carbocycles. The van der Waals surface area contributed by atoms with Crippen molar-refractivity contribution in [2.24, 2.45) is 0 Å². The first kappa shape index (κ1) is 27.9. The van der Waals surface area contributed by atoms with Gasteiger partial charge in [0.15, 0.2) is 0 Å². The molecular weight excluding hydrogens is 549 g/mol. The van der Waals surface area contributed by atoms with Crippen LogP contribution in [0.25, 0.3) is 22.3 Å². The molecule has 1 nitrogen and oxygen atoms in total. The van der Waals surface area contributed by atoms with Crippen molar-refractivity contribution in [2.75, 3.05) is 0 Å². The molecule has 4 rings (SSSR count). The molecule has 0 fully saturated rings. The molecule has 0 atom stereocenters. The summed E-state index contributed by atoms with van der Waals surface area (Å²) in [5.41, 5.74) is -5.79. The summed E-state index contributed by atoms with van der Waals surface area (Å²) in [5.74, 6) is -10.2. The number of ether oxygens (including phenoxy) is 1. The van der Waals surface area contributed by atoms with Crippen molar-refractivity contribution in [3.63, 3.8) is 0 Å². The summed E-state index contributed by atoms with van der Waals surface area (Å²) < 4.78 is 158. The van der Waals surface area contributed by atoms with Crippen molar-refractivity contribution in [1.82, 2.24) is 0 Å². The monoisotopic (exact) mass is 562 g/mol. The van der Waals surface area contributed by atoms with E-state index in [1.54, 1.807) is 0 Å². The predicted octanol–water partition coefficient (Wildman–Crippen LogP) is 9.31. The van der Waals surface area contributed by atoms with Crippen molar-refractivity contribution < 1.29 is 53.0 Å². The molecule has 39 heavy (non-hydrogen) atoms. The third kappa shape index (κ3) is 5.55. The smallest absolute Gasteiger partial charge is 0.429 e. The standard InChI is InChI=1S/C27H13F11O/c1-12-6-20(30)24(21(31)7-12)14-9-22(32)25(23(33)10-14)27(37,38)39-15-3-4-16(18(28)11-15)13-2-5-17(19(29)8-13)26(34,35)36/h2-11H,1H3. The Labute approximate surface area is 213 Å². The van der Waals surface area contributed by atoms with Crippen LogP contribution < -0.4 is 4.74 Å². The lowest BCUT2D eigenvalue weighted by Gasteiger charge is -2.20. The highest BCUT2D eigenvalue weighted by molar-refractivity contribution is 5.67. The van der Waals surface area contributed by atoms with E-state index in [2.05, 4.69) is 4.74 Å². The van der Waals surface area contributed by atoms with E-state index < -0.39 is 80.8 Å². The second kappa shape index (κ2) is 9.90. The molecule has 0 N–H and O–H groups in total. The summed E-state index contributed by atoms with van der Waals surface area (Å²) >= 11 is 0. The average molecular weight is 562 g/mol. The molecule has 0 radical (unpaired) electrons. The second-order valence-corrected chi connectivity index (χ2v) is 8.37. The highest BCUT2D eigenvalue weighted by Gasteiger charge is 2.41. The van der Waals surface area contributed by atoms with Gasteiger partial charge in [0, 0.05) is 11.6 Å². The molecule has 0 saturated carbocycles. The predicted molar refractivity (Wildman–Crippen MR) is 118 cm³/mol. The fourth-order valence-electron chi connectivity index (χ4n) is 3.88. The SMILES string of the molecule is Cc1cc(F)c(-c2cc(F)c(C(F)(F)Oc3ccc(-c4ccc(C(F)(F)F)c(F)c4)c(F)c3)c(F)c2)c(F)c1. The minimum atomic E-state index is -5.00. The lowest BCUT2D eigenvalue weighted by Crippen LogP contribution is -2.25. The van der Waals surface area contributed by atoms with Crippen molar-refractivity contribution in [3.8, 4) is 28.0 Å². The van der Waals surface area contributed by atoms with Crippen molar-refractivity contribution >= 4 is 0 Å². The third-order valence-corrected chi connectivity index (χ3v) is 5.58. The molecule has 0 aromatic heterocycles. The van der Waals surface area contributed by atoms with Gasteiger partial charge in [0.25, 0.3) is 0 Å². The lowest BCUT2D eigenvalue weighted by molar-refractivity contribution is -0.189. The van der Waals surface area contributed by atoms with Crippen molar-refractivity contribution in [1.29, 1.82) is 0 Å². The Hall–Kier alpha value is -4.09. The first-order chi connectivity index (χ1) is 18.1. The first-order valence-electron chi connectivity index (χ1n) is 10.8. The topological polar surface area (TPSA) is 9.23 Å². The van der Waals surface area contributed by atoms with Crippen LogP contribution in [0.4, 0.5) is 48.3 Å². The Kier molecular flexibility index (Phi) is 7.09. The van der Waals surface area contributed by atoms with Gasteiger partial charge in [-0.1, -0.05) is 6.07 Å². The van der Waals surface area contributed by atoms with E-state index in [0.717, 1.165) is 24.3 Å². The molecule has 0 amide bonds. The minimum Gasteiger partial charge on any atom is -0.429 e. The molecule has 204 valence electrons. The molecule has 4 aromatic rings. The van der Waals surface area contributed by atoms with Gasteiger partial charge in [-0.2, -0.15) is 22.0 Å². The maximum absolute atomic E-state index is 14.7. The van der Waals surface area contributed by atoms with E-state index in [0.29, 0.717) is 24.3 Å². The summed E-state index contributed by atoms with van der Waals surface area (Å²) in [4.78, 5) is 0. The summed E-state index contributed by atoms with van der Waals surface area (Å²) in [6.07, 6.45) is -9.76. The number of benzene rings is 4. The van der Waals surface area contributed by atoms with E-state index >= 15 is 0 Å². The molecule has 0 bridgehead atoms. The van der Waals surface area contributed by atoms with E-state index in [9.17, 15) is 48.3 Å². The van der Waals surface area contributed by atoms with Gasteiger partial charge in [-0.3, -0.25) is 0 Å². The van der Waals surface area contributed by atoms with Crippen molar-refractivity contribution in [3.05, 3.63) is 112 Å². The normalized spacial score (nSPS) is 12.1. The van der Waals surface area contributed by atoms with Crippen LogP contribution >= 0.6 is 0 Å². The largest absolute Gasteiger partial charge is 0.432 e. The Morgan fingerprint density at radius 3 is 1.64 bits per heavy atom. The summed E-state index contributed by atoms with van der Waals surface area (Å²) in [7, 11) is 0. The number of alkyl halides is 5. The van der Waals surface area contributed by atoms with Crippen LogP contribution in [0.5, 0.6) is 5.75 Å². The number of aryl methyl sites for hydroxylation is 1. The van der Waals surface area contributed by atoms with Gasteiger partial charge in [-0.25, -0.2) is 26.3 Å². The molecule has 0 heterocycles. The first-order valence-corrected chi connectivity index (χ1v) is 10.8. The zero-order valence-corrected chi connectivity index (χ0v) is 19.3. The number of hydrogen-bond donors (Lipinski definition) is 0. The van der Waals surface area contributed by atoms with Crippen LogP contribution in [0.3, 0.4) is 0 Å². The zero-order chi connectivity index (χ0) is 28.9. The van der Waals surface area contributed by atoms with Crippen LogP contribution in [0, 0.1) is 41.8 Å². The highest BCUT2D eigenvalue weighted by atomic mass is 19.4. The quantitative estimate of drug-likeness (QED) is 0.220. The van der Waals surface area contributed by atoms with E-state index in [1.165, 1.54) is 6.92 Å². The maximum atomic E-state index is 14.7. The zero-order valence-electron chi connectivity index (χ0n) is 19.3. The molecule has 0 aliphatic rings. The Morgan fingerprint density at radius 2 is 1.13 bits per heavy atom. The van der Waals surface area contributed by atoms with Crippen LogP contribution in [0.15, 0.2) is 60.7 Å². The maximum Gasteiger partial charge on any atom is 0.432 e. The van der Waals surface area contributed by atoms with Gasteiger partial charge < -0.3 is 4.74 Å². The molecule has 0 saturated heterocycles. The van der Waals surface area contributed by atoms with Crippen LogP contribution in [0.2, 0.25) is 0 Å². The second-order valence-electron chi connectivity index (χ2n) is 8.37. The molecule has 0 unspecified atom stereocenters. The number of hydrogen-bond acceptors (Lipinski definition) is 1. The fourth-order valence-corrected chi connectivity index (χ4v) is 3.88. The summed E-state index contributed by atoms with van der Waals surface area (Å²) in [6.45, 7) is 1.36. The van der Waals surface area contributed by atoms with Gasteiger partial charge in [0.1, 0.15) is 46.2 Å². The molecule has 12 heteroatoms. The number of halogens is 11. The third-order valence-electron chi connectivity index (χ3n) is 5.58. The van der Waals surface area contributed by atoms with Gasteiger partial charge >= 0.3 is 12.3 Å². The van der Waals surface area contributed by atoms with E-state index in [4.69, 9.17) is 0 Å². The Balaban J connectivity index is 1.64. The van der Waals surface area contributed by atoms with Crippen LogP contribution in [-0.2, 0) is 12.3 Å². The molecule has 0 aliphatic heterocycles. The fraction of sp³-hybridized carbons (Fsp3) is 0.111. The summed E-state index contributed by atoms with van der Waals surface area (Å²) in [5, 5.41) is 0. The average Bonchev–Trinajstić information content (AvgIpc) is 2.76. The van der Waals surface area contributed by atoms with Crippen LogP contribution in [0.1, 0.15) is 16.7 Å². The lowest BCUT2D eigenvalue weighted by atomic mass is 10.00. The van der Waals surface area contributed by atoms with Gasteiger partial charge in [-0.15, -0.1) is 0 Å².